The number of halogens is 6. The van der Waals surface area contributed by atoms with Gasteiger partial charge >= 0.3 is 12.4 Å². The maximum atomic E-state index is 13.6. The maximum Gasteiger partial charge on any atom is 0.430 e. The van der Waals surface area contributed by atoms with Gasteiger partial charge in [0.1, 0.15) is 25.6 Å². The van der Waals surface area contributed by atoms with E-state index in [0.717, 1.165) is 4.90 Å². The van der Waals surface area contributed by atoms with Crippen molar-refractivity contribution in [3.8, 4) is 29.1 Å². The summed E-state index contributed by atoms with van der Waals surface area (Å²) in [5.41, 5.74) is -6.75. The van der Waals surface area contributed by atoms with Crippen LogP contribution in [0.1, 0.15) is 68.7 Å². The van der Waals surface area contributed by atoms with E-state index in [-0.39, 0.29) is 49.3 Å². The Labute approximate surface area is 262 Å². The van der Waals surface area contributed by atoms with Gasteiger partial charge in [0, 0.05) is 12.0 Å². The van der Waals surface area contributed by atoms with Crippen LogP contribution in [0.3, 0.4) is 0 Å². The molecule has 1 saturated heterocycles. The minimum atomic E-state index is -6.02. The number of ether oxygens (including phenoxy) is 3. The summed E-state index contributed by atoms with van der Waals surface area (Å²) < 4.78 is 98.9. The third-order valence-electron chi connectivity index (χ3n) is 8.28. The SMILES string of the molecule is CCCc1cc(C(O)(C(F)(F)F)C(F)(F)F)cc(CCC)c1OCC#CCN1C(=O)CC(CC)(c2ccc3c(c2)OCCO3)C1=O. The molecule has 0 saturated carbocycles. The summed E-state index contributed by atoms with van der Waals surface area (Å²) in [4.78, 5) is 27.6. The summed E-state index contributed by atoms with van der Waals surface area (Å²) >= 11 is 0. The van der Waals surface area contributed by atoms with Crippen molar-refractivity contribution in [3.05, 3.63) is 52.6 Å². The van der Waals surface area contributed by atoms with Crippen LogP contribution in [-0.2, 0) is 33.4 Å². The van der Waals surface area contributed by atoms with E-state index in [1.54, 1.807) is 32.0 Å². The lowest BCUT2D eigenvalue weighted by Gasteiger charge is -2.33. The molecule has 2 aromatic rings. The normalized spacial score (nSPS) is 18.4. The zero-order chi connectivity index (χ0) is 33.9. The number of alkyl halides is 6. The summed E-state index contributed by atoms with van der Waals surface area (Å²) in [6, 6.07) is 6.51. The first kappa shape index (κ1) is 34.9. The first-order chi connectivity index (χ1) is 21.6. The molecule has 2 amide bonds. The van der Waals surface area contributed by atoms with Crippen molar-refractivity contribution < 1.29 is 55.2 Å². The van der Waals surface area contributed by atoms with Crippen LogP contribution in [-0.4, -0.2) is 60.5 Å². The molecule has 1 unspecified atom stereocenters. The highest BCUT2D eigenvalue weighted by atomic mass is 19.4. The number of hydrogen-bond donors (Lipinski definition) is 1. The van der Waals surface area contributed by atoms with E-state index in [1.165, 1.54) is 0 Å². The lowest BCUT2D eigenvalue weighted by Crippen LogP contribution is -2.54. The highest BCUT2D eigenvalue weighted by Crippen LogP contribution is 2.51. The smallest absolute Gasteiger partial charge is 0.430 e. The number of likely N-dealkylation sites (tertiary alicyclic amines) is 1. The zero-order valence-corrected chi connectivity index (χ0v) is 25.7. The fourth-order valence-electron chi connectivity index (χ4n) is 5.85. The summed E-state index contributed by atoms with van der Waals surface area (Å²) in [7, 11) is 0. The molecular weight excluding hydrogens is 620 g/mol. The second-order valence-electron chi connectivity index (χ2n) is 11.2. The van der Waals surface area contributed by atoms with Gasteiger partial charge in [-0.15, -0.1) is 0 Å². The topological polar surface area (TPSA) is 85.3 Å². The number of hydrogen-bond acceptors (Lipinski definition) is 6. The van der Waals surface area contributed by atoms with Crippen LogP contribution in [0.25, 0.3) is 0 Å². The number of fused-ring (bicyclic) bond motifs is 1. The van der Waals surface area contributed by atoms with Gasteiger partial charge in [-0.25, -0.2) is 0 Å². The molecule has 7 nitrogen and oxygen atoms in total. The van der Waals surface area contributed by atoms with Gasteiger partial charge in [0.2, 0.25) is 11.8 Å². The Morgan fingerprint density at radius 3 is 2.02 bits per heavy atom. The number of rotatable bonds is 10. The van der Waals surface area contributed by atoms with Crippen LogP contribution < -0.4 is 14.2 Å². The average Bonchev–Trinajstić information content (AvgIpc) is 3.25. The van der Waals surface area contributed by atoms with E-state index in [2.05, 4.69) is 11.8 Å². The highest BCUT2D eigenvalue weighted by molar-refractivity contribution is 6.09. The number of aliphatic hydroxyl groups is 1. The van der Waals surface area contributed by atoms with Crippen LogP contribution in [0.2, 0.25) is 0 Å². The molecule has 0 aromatic heterocycles. The fraction of sp³-hybridized carbons (Fsp3) is 0.515. The first-order valence-corrected chi connectivity index (χ1v) is 15.0. The predicted molar refractivity (Wildman–Crippen MR) is 154 cm³/mol. The second kappa shape index (κ2) is 13.4. The zero-order valence-electron chi connectivity index (χ0n) is 25.7. The van der Waals surface area contributed by atoms with Crippen molar-refractivity contribution in [1.29, 1.82) is 0 Å². The van der Waals surface area contributed by atoms with Gasteiger partial charge in [0.15, 0.2) is 11.5 Å². The Morgan fingerprint density at radius 1 is 0.891 bits per heavy atom. The van der Waals surface area contributed by atoms with Crippen LogP contribution in [0.5, 0.6) is 17.2 Å². The Balaban J connectivity index is 1.55. The minimum Gasteiger partial charge on any atom is -0.486 e. The van der Waals surface area contributed by atoms with E-state index >= 15 is 0 Å². The van der Waals surface area contributed by atoms with Gasteiger partial charge in [-0.3, -0.25) is 14.5 Å². The Bertz CT molecular complexity index is 1480. The van der Waals surface area contributed by atoms with E-state index in [1.807, 2.05) is 6.92 Å². The highest BCUT2D eigenvalue weighted by Gasteiger charge is 2.71. The Kier molecular flexibility index (Phi) is 10.2. The number of imide groups is 1. The lowest BCUT2D eigenvalue weighted by atomic mass is 9.76. The molecule has 2 aromatic carbocycles. The molecule has 13 heteroatoms. The lowest BCUT2D eigenvalue weighted by molar-refractivity contribution is -0.376. The van der Waals surface area contributed by atoms with Gasteiger partial charge in [-0.05, 0) is 60.2 Å². The predicted octanol–water partition coefficient (Wildman–Crippen LogP) is 6.16. The molecule has 0 bridgehead atoms. The Hall–Kier alpha value is -3.92. The van der Waals surface area contributed by atoms with E-state index < -0.39 is 40.7 Å². The van der Waals surface area contributed by atoms with Gasteiger partial charge in [-0.2, -0.15) is 26.3 Å². The number of benzene rings is 2. The van der Waals surface area contributed by atoms with Gasteiger partial charge in [0.05, 0.1) is 12.0 Å². The molecule has 4 rings (SSSR count). The van der Waals surface area contributed by atoms with E-state index in [0.29, 0.717) is 61.7 Å². The average molecular weight is 656 g/mol. The quantitative estimate of drug-likeness (QED) is 0.188. The van der Waals surface area contributed by atoms with Crippen molar-refractivity contribution in [1.82, 2.24) is 4.90 Å². The standard InChI is InChI=1S/C33H35F6NO6/c1-4-9-21-17-24(31(43,32(34,35)36)33(37,38)39)18-22(10-5-2)28(21)46-14-8-7-13-40-27(41)20-30(6-3,29(40)42)23-11-12-25-26(19-23)45-16-15-44-25/h11-12,17-19,43H,4-6,9-10,13-16,20H2,1-3H3. The number of carbonyl (C=O) groups excluding carboxylic acids is 2. The van der Waals surface area contributed by atoms with Crippen molar-refractivity contribution in [2.45, 2.75) is 82.7 Å². The molecule has 0 aliphatic carbocycles. The van der Waals surface area contributed by atoms with Crippen LogP contribution in [0, 0.1) is 11.8 Å². The first-order valence-electron chi connectivity index (χ1n) is 15.0. The van der Waals surface area contributed by atoms with Crippen LogP contribution >= 0.6 is 0 Å². The number of amides is 2. The minimum absolute atomic E-state index is 0.0601. The molecule has 1 atom stereocenters. The van der Waals surface area contributed by atoms with Crippen molar-refractivity contribution in [2.24, 2.45) is 0 Å². The van der Waals surface area contributed by atoms with Gasteiger partial charge in [0.25, 0.3) is 5.60 Å². The molecule has 2 aliphatic heterocycles. The molecule has 250 valence electrons. The summed E-state index contributed by atoms with van der Waals surface area (Å²) in [6.07, 6.45) is -10.9. The Morgan fingerprint density at radius 2 is 1.48 bits per heavy atom. The molecule has 1 fully saturated rings. The molecule has 0 spiro atoms. The summed E-state index contributed by atoms with van der Waals surface area (Å²) in [5.74, 6) is 5.73. The molecule has 46 heavy (non-hydrogen) atoms. The summed E-state index contributed by atoms with van der Waals surface area (Å²) in [5, 5.41) is 10.0. The van der Waals surface area contributed by atoms with Crippen LogP contribution in [0.15, 0.2) is 30.3 Å². The largest absolute Gasteiger partial charge is 0.486 e. The molecule has 2 aliphatic rings. The maximum absolute atomic E-state index is 13.6. The van der Waals surface area contributed by atoms with Crippen molar-refractivity contribution in [2.75, 3.05) is 26.4 Å². The van der Waals surface area contributed by atoms with E-state index in [4.69, 9.17) is 14.2 Å². The number of aryl methyl sites for hydroxylation is 2. The van der Waals surface area contributed by atoms with Gasteiger partial charge < -0.3 is 19.3 Å². The molecule has 0 radical (unpaired) electrons. The van der Waals surface area contributed by atoms with Crippen molar-refractivity contribution >= 4 is 11.8 Å². The number of nitrogens with zero attached hydrogens (tertiary/aromatic N) is 1. The summed E-state index contributed by atoms with van der Waals surface area (Å²) in [6.45, 7) is 5.42. The third-order valence-corrected chi connectivity index (χ3v) is 8.28. The second-order valence-corrected chi connectivity index (χ2v) is 11.2. The molecule has 2 heterocycles. The van der Waals surface area contributed by atoms with Gasteiger partial charge in [-0.1, -0.05) is 51.5 Å². The number of carbonyl (C=O) groups is 2. The molecular formula is C33H35F6NO6. The fourth-order valence-corrected chi connectivity index (χ4v) is 5.85. The van der Waals surface area contributed by atoms with E-state index in [9.17, 15) is 41.0 Å². The van der Waals surface area contributed by atoms with Crippen molar-refractivity contribution in [3.63, 3.8) is 0 Å². The molecule has 1 N–H and O–H groups in total. The van der Waals surface area contributed by atoms with Crippen LogP contribution in [0.4, 0.5) is 26.3 Å². The third kappa shape index (κ3) is 6.36. The monoisotopic (exact) mass is 655 g/mol.